The summed E-state index contributed by atoms with van der Waals surface area (Å²) in [7, 11) is 1.45. The first-order chi connectivity index (χ1) is 22.1. The van der Waals surface area contributed by atoms with Crippen LogP contribution in [0.2, 0.25) is 0 Å². The summed E-state index contributed by atoms with van der Waals surface area (Å²) >= 11 is 1.20. The number of carbonyl (C=O) groups is 2. The number of rotatable bonds is 10. The van der Waals surface area contributed by atoms with Crippen molar-refractivity contribution in [2.24, 2.45) is 4.99 Å². The Morgan fingerprint density at radius 2 is 1.85 bits per heavy atom. The van der Waals surface area contributed by atoms with Gasteiger partial charge in [0, 0.05) is 17.8 Å². The number of non-ortho nitro benzene ring substituents is 1. The number of nitro benzene ring substituents is 1. The van der Waals surface area contributed by atoms with Gasteiger partial charge in [-0.2, -0.15) is 0 Å². The number of nitrogens with one attached hydrogen (secondary N) is 1. The summed E-state index contributed by atoms with van der Waals surface area (Å²) in [6.07, 6.45) is 1.70. The van der Waals surface area contributed by atoms with Gasteiger partial charge in [-0.15, -0.1) is 0 Å². The number of fused-ring (bicyclic) bond motifs is 1. The zero-order valence-electron chi connectivity index (χ0n) is 25.4. The van der Waals surface area contributed by atoms with Crippen LogP contribution in [-0.2, 0) is 14.3 Å². The Kier molecular flexibility index (Phi) is 9.42. The van der Waals surface area contributed by atoms with Crippen molar-refractivity contribution in [3.63, 3.8) is 0 Å². The normalized spacial score (nSPS) is 14.3. The van der Waals surface area contributed by atoms with Crippen molar-refractivity contribution in [2.45, 2.75) is 26.8 Å². The van der Waals surface area contributed by atoms with Crippen LogP contribution in [0.1, 0.15) is 36.6 Å². The Hall–Kier alpha value is -5.56. The van der Waals surface area contributed by atoms with Crippen LogP contribution in [0, 0.1) is 17.0 Å². The minimum absolute atomic E-state index is 0.149. The highest BCUT2D eigenvalue weighted by molar-refractivity contribution is 7.07. The van der Waals surface area contributed by atoms with Gasteiger partial charge >= 0.3 is 5.97 Å². The van der Waals surface area contributed by atoms with E-state index in [1.165, 1.54) is 47.3 Å². The second-order valence-corrected chi connectivity index (χ2v) is 11.3. The maximum atomic E-state index is 13.9. The van der Waals surface area contributed by atoms with Crippen molar-refractivity contribution in [3.05, 3.63) is 124 Å². The summed E-state index contributed by atoms with van der Waals surface area (Å²) in [5.74, 6) is -0.442. The average molecular weight is 643 g/mol. The molecule has 4 aromatic rings. The van der Waals surface area contributed by atoms with E-state index in [1.807, 2.05) is 31.2 Å². The highest BCUT2D eigenvalue weighted by Crippen LogP contribution is 2.31. The number of hydrogen-bond donors (Lipinski definition) is 1. The van der Waals surface area contributed by atoms with Crippen molar-refractivity contribution in [2.75, 3.05) is 25.6 Å². The van der Waals surface area contributed by atoms with E-state index in [2.05, 4.69) is 10.3 Å². The molecule has 1 aliphatic heterocycles. The van der Waals surface area contributed by atoms with Crippen molar-refractivity contribution in [1.82, 2.24) is 4.57 Å². The Labute approximate surface area is 267 Å². The zero-order chi connectivity index (χ0) is 33.0. The predicted molar refractivity (Wildman–Crippen MR) is 172 cm³/mol. The summed E-state index contributed by atoms with van der Waals surface area (Å²) in [6.45, 7) is 5.23. The molecule has 0 unspecified atom stereocenters. The van der Waals surface area contributed by atoms with Gasteiger partial charge in [0.25, 0.3) is 17.2 Å². The average Bonchev–Trinajstić information content (AvgIpc) is 3.33. The van der Waals surface area contributed by atoms with E-state index in [0.29, 0.717) is 31.9 Å². The number of aromatic nitrogens is 1. The molecule has 1 N–H and O–H groups in total. The molecule has 1 aliphatic rings. The first kappa shape index (κ1) is 31.9. The maximum Gasteiger partial charge on any atom is 0.338 e. The van der Waals surface area contributed by atoms with Crippen LogP contribution < -0.4 is 29.7 Å². The number of thiazole rings is 1. The van der Waals surface area contributed by atoms with Gasteiger partial charge in [-0.25, -0.2) is 9.79 Å². The number of anilines is 1. The Balaban J connectivity index is 1.43. The molecule has 5 rings (SSSR count). The van der Waals surface area contributed by atoms with Gasteiger partial charge < -0.3 is 19.5 Å². The smallest absolute Gasteiger partial charge is 0.338 e. The molecule has 0 aliphatic carbocycles. The highest BCUT2D eigenvalue weighted by atomic mass is 32.1. The SMILES string of the molecule is CCOC(=O)C1=C(C)N=c2s/c(=C/c3ccc(OCC(=O)Nc4cccc([N+](=O)[O-])c4)c(OC)c3)c(=O)n2[C@H]1c1ccc(C)cc1. The molecule has 3 aromatic carbocycles. The third kappa shape index (κ3) is 6.74. The number of benzene rings is 3. The van der Waals surface area contributed by atoms with Crippen LogP contribution in [0.3, 0.4) is 0 Å². The largest absolute Gasteiger partial charge is 0.493 e. The molecule has 0 radical (unpaired) electrons. The number of hydrogen-bond acceptors (Lipinski definition) is 10. The fraction of sp³-hybridized carbons (Fsp3) is 0.212. The second-order valence-electron chi connectivity index (χ2n) is 10.3. The van der Waals surface area contributed by atoms with Crippen molar-refractivity contribution in [1.29, 1.82) is 0 Å². The first-order valence-corrected chi connectivity index (χ1v) is 15.0. The third-order valence-corrected chi connectivity index (χ3v) is 8.08. The van der Waals surface area contributed by atoms with E-state index in [0.717, 1.165) is 11.1 Å². The summed E-state index contributed by atoms with van der Waals surface area (Å²) in [5.41, 5.74) is 3.01. The van der Waals surface area contributed by atoms with E-state index < -0.39 is 22.8 Å². The molecule has 1 amide bonds. The number of methoxy groups -OCH3 is 1. The van der Waals surface area contributed by atoms with Crippen LogP contribution in [0.15, 0.2) is 87.8 Å². The number of nitrogens with zero attached hydrogens (tertiary/aromatic N) is 3. The minimum atomic E-state index is -0.712. The monoisotopic (exact) mass is 642 g/mol. The molecular formula is C33H30N4O8S. The number of aryl methyl sites for hydroxylation is 1. The zero-order valence-corrected chi connectivity index (χ0v) is 26.3. The van der Waals surface area contributed by atoms with Crippen molar-refractivity contribution < 1.29 is 28.7 Å². The van der Waals surface area contributed by atoms with Crippen LogP contribution in [0.4, 0.5) is 11.4 Å². The van der Waals surface area contributed by atoms with E-state index in [9.17, 15) is 24.5 Å². The van der Waals surface area contributed by atoms with Crippen LogP contribution in [0.5, 0.6) is 11.5 Å². The molecule has 12 nitrogen and oxygen atoms in total. The number of carbonyl (C=O) groups excluding carboxylic acids is 2. The van der Waals surface area contributed by atoms with Gasteiger partial charge in [-0.1, -0.05) is 53.3 Å². The molecule has 2 heterocycles. The van der Waals surface area contributed by atoms with Gasteiger partial charge in [0.05, 0.1) is 40.5 Å². The highest BCUT2D eigenvalue weighted by Gasteiger charge is 2.33. The van der Waals surface area contributed by atoms with Gasteiger partial charge in [0.1, 0.15) is 0 Å². The van der Waals surface area contributed by atoms with Crippen LogP contribution in [-0.4, -0.2) is 41.7 Å². The molecule has 236 valence electrons. The van der Waals surface area contributed by atoms with Gasteiger partial charge in [0.15, 0.2) is 22.9 Å². The lowest BCUT2D eigenvalue weighted by Crippen LogP contribution is -2.39. The lowest BCUT2D eigenvalue weighted by atomic mass is 9.95. The van der Waals surface area contributed by atoms with Crippen LogP contribution >= 0.6 is 11.3 Å². The van der Waals surface area contributed by atoms with E-state index in [-0.39, 0.29) is 35.9 Å². The molecule has 46 heavy (non-hydrogen) atoms. The lowest BCUT2D eigenvalue weighted by molar-refractivity contribution is -0.384. The Morgan fingerprint density at radius 1 is 1.09 bits per heavy atom. The Bertz CT molecular complexity index is 2050. The van der Waals surface area contributed by atoms with Gasteiger partial charge in [-0.3, -0.25) is 24.3 Å². The topological polar surface area (TPSA) is 151 Å². The minimum Gasteiger partial charge on any atom is -0.493 e. The number of allylic oxidation sites excluding steroid dienone is 1. The number of ether oxygens (including phenoxy) is 3. The summed E-state index contributed by atoms with van der Waals surface area (Å²) in [5, 5.41) is 13.6. The van der Waals surface area contributed by atoms with Crippen molar-refractivity contribution >= 4 is 40.7 Å². The van der Waals surface area contributed by atoms with Gasteiger partial charge in [0.2, 0.25) is 0 Å². The summed E-state index contributed by atoms with van der Waals surface area (Å²) in [6, 6.07) is 17.5. The van der Waals surface area contributed by atoms with E-state index in [4.69, 9.17) is 14.2 Å². The third-order valence-electron chi connectivity index (χ3n) is 7.10. The number of amides is 1. The molecule has 0 fully saturated rings. The molecule has 0 saturated carbocycles. The number of nitro groups is 1. The molecule has 0 saturated heterocycles. The fourth-order valence-corrected chi connectivity index (χ4v) is 5.98. The Morgan fingerprint density at radius 3 is 2.54 bits per heavy atom. The lowest BCUT2D eigenvalue weighted by Gasteiger charge is -2.24. The molecule has 0 spiro atoms. The fourth-order valence-electron chi connectivity index (χ4n) is 4.94. The molecular weight excluding hydrogens is 612 g/mol. The van der Waals surface area contributed by atoms with Gasteiger partial charge in [-0.05, 0) is 56.2 Å². The first-order valence-electron chi connectivity index (χ1n) is 14.2. The van der Waals surface area contributed by atoms with Crippen LogP contribution in [0.25, 0.3) is 6.08 Å². The number of esters is 1. The standard InChI is InChI=1S/C33H30N4O8S/c1-5-44-32(40)29-20(3)34-33-36(30(29)22-12-9-19(2)10-13-22)31(39)27(46-33)16-21-11-14-25(26(15-21)43-4)45-18-28(38)35-23-7-6-8-24(17-23)37(41)42/h6-17,30H,5,18H2,1-4H3,(H,35,38)/b27-16+/t30-/m0/s1. The van der Waals surface area contributed by atoms with E-state index >= 15 is 0 Å². The predicted octanol–water partition coefficient (Wildman–Crippen LogP) is 4.04. The quantitative estimate of drug-likeness (QED) is 0.155. The molecule has 0 bridgehead atoms. The summed E-state index contributed by atoms with van der Waals surface area (Å²) in [4.78, 5) is 54.9. The van der Waals surface area contributed by atoms with Crippen molar-refractivity contribution in [3.8, 4) is 11.5 Å². The second kappa shape index (κ2) is 13.6. The molecule has 1 atom stereocenters. The molecule has 1 aromatic heterocycles. The molecule has 13 heteroatoms. The summed E-state index contributed by atoms with van der Waals surface area (Å²) < 4.78 is 18.4. The van der Waals surface area contributed by atoms with E-state index in [1.54, 1.807) is 38.1 Å². The maximum absolute atomic E-state index is 13.9.